The first-order valence-electron chi connectivity index (χ1n) is 9.71. The van der Waals surface area contributed by atoms with Gasteiger partial charge in [0.15, 0.2) is 11.6 Å². The molecule has 2 aromatic rings. The molecule has 2 heterocycles. The van der Waals surface area contributed by atoms with Gasteiger partial charge in [0.2, 0.25) is 5.91 Å². The molecule has 5 nitrogen and oxygen atoms in total. The summed E-state index contributed by atoms with van der Waals surface area (Å²) in [6, 6.07) is 7.46. The predicted molar refractivity (Wildman–Crippen MR) is 106 cm³/mol. The molecule has 1 amide bonds. The molecule has 1 aliphatic carbocycles. The van der Waals surface area contributed by atoms with Crippen molar-refractivity contribution >= 4 is 11.7 Å². The van der Waals surface area contributed by atoms with Crippen molar-refractivity contribution in [2.45, 2.75) is 53.1 Å². The van der Waals surface area contributed by atoms with E-state index in [1.54, 1.807) is 18.6 Å². The monoisotopic (exact) mass is 367 g/mol. The second-order valence-electron chi connectivity index (χ2n) is 8.40. The van der Waals surface area contributed by atoms with Gasteiger partial charge >= 0.3 is 0 Å². The molecule has 0 spiro atoms. The molecule has 144 valence electrons. The van der Waals surface area contributed by atoms with E-state index < -0.39 is 0 Å². The number of hydrogen-bond acceptors (Lipinski definition) is 4. The predicted octanol–water partition coefficient (Wildman–Crippen LogP) is 4.85. The van der Waals surface area contributed by atoms with Gasteiger partial charge in [-0.3, -0.25) is 9.78 Å². The molecule has 1 saturated carbocycles. The van der Waals surface area contributed by atoms with E-state index in [1.807, 2.05) is 24.3 Å². The molecular weight excluding hydrogens is 338 g/mol. The molecule has 0 unspecified atom stereocenters. The molecule has 27 heavy (non-hydrogen) atoms. The van der Waals surface area contributed by atoms with Crippen LogP contribution in [-0.4, -0.2) is 15.9 Å². The van der Waals surface area contributed by atoms with E-state index in [0.29, 0.717) is 29.5 Å². The minimum atomic E-state index is 0.0508. The van der Waals surface area contributed by atoms with Crippen LogP contribution < -0.4 is 10.1 Å². The lowest BCUT2D eigenvalue weighted by Gasteiger charge is -2.36. The van der Waals surface area contributed by atoms with Gasteiger partial charge in [-0.25, -0.2) is 4.98 Å². The Morgan fingerprint density at radius 1 is 1.11 bits per heavy atom. The third kappa shape index (κ3) is 5.28. The molecule has 3 rings (SSSR count). The average Bonchev–Trinajstić information content (AvgIpc) is 2.67. The van der Waals surface area contributed by atoms with Crippen LogP contribution in [0.1, 0.15) is 52.0 Å². The normalized spacial score (nSPS) is 20.1. The smallest absolute Gasteiger partial charge is 0.228 e. The second kappa shape index (κ2) is 8.51. The Labute approximate surface area is 161 Å². The Bertz CT molecular complexity index is 748. The van der Waals surface area contributed by atoms with Gasteiger partial charge in [0.05, 0.1) is 0 Å². The van der Waals surface area contributed by atoms with Crippen molar-refractivity contribution in [1.82, 2.24) is 9.97 Å². The fraction of sp³-hybridized carbons (Fsp3) is 0.500. The van der Waals surface area contributed by atoms with Gasteiger partial charge in [0, 0.05) is 24.5 Å². The Hall–Kier alpha value is -2.43. The molecule has 1 fully saturated rings. The molecule has 0 saturated heterocycles. The number of carbonyl (C=O) groups is 1. The lowest BCUT2D eigenvalue weighted by Crippen LogP contribution is -2.31. The van der Waals surface area contributed by atoms with Crippen LogP contribution in [0.3, 0.4) is 0 Å². The van der Waals surface area contributed by atoms with Gasteiger partial charge in [-0.1, -0.05) is 20.8 Å². The maximum atomic E-state index is 12.7. The van der Waals surface area contributed by atoms with Crippen LogP contribution in [-0.2, 0) is 11.4 Å². The number of anilines is 1. The van der Waals surface area contributed by atoms with Crippen molar-refractivity contribution in [2.75, 3.05) is 5.32 Å². The van der Waals surface area contributed by atoms with Crippen LogP contribution in [0.2, 0.25) is 0 Å². The first-order chi connectivity index (χ1) is 12.9. The summed E-state index contributed by atoms with van der Waals surface area (Å²) in [4.78, 5) is 21.1. The summed E-state index contributed by atoms with van der Waals surface area (Å²) < 4.78 is 5.87. The fourth-order valence-corrected chi connectivity index (χ4v) is 3.68. The van der Waals surface area contributed by atoms with Crippen LogP contribution in [0, 0.1) is 17.3 Å². The molecule has 0 radical (unpaired) electrons. The van der Waals surface area contributed by atoms with E-state index >= 15 is 0 Å². The topological polar surface area (TPSA) is 64.1 Å². The number of nitrogens with zero attached hydrogens (tertiary/aromatic N) is 2. The second-order valence-corrected chi connectivity index (χ2v) is 8.40. The van der Waals surface area contributed by atoms with E-state index in [-0.39, 0.29) is 11.8 Å². The Morgan fingerprint density at radius 3 is 2.48 bits per heavy atom. The van der Waals surface area contributed by atoms with Crippen LogP contribution in [0.15, 0.2) is 42.9 Å². The highest BCUT2D eigenvalue weighted by Crippen LogP contribution is 2.40. The third-order valence-electron chi connectivity index (χ3n) is 5.48. The first-order valence-corrected chi connectivity index (χ1v) is 9.71. The zero-order valence-electron chi connectivity index (χ0n) is 16.4. The summed E-state index contributed by atoms with van der Waals surface area (Å²) in [5.74, 6) is 1.88. The number of nitrogens with one attached hydrogen (secondary N) is 1. The molecule has 0 atom stereocenters. The lowest BCUT2D eigenvalue weighted by molar-refractivity contribution is -0.121. The van der Waals surface area contributed by atoms with Crippen molar-refractivity contribution in [3.63, 3.8) is 0 Å². The molecule has 2 aromatic heterocycles. The summed E-state index contributed by atoms with van der Waals surface area (Å²) in [5.41, 5.74) is 1.34. The maximum Gasteiger partial charge on any atom is 0.228 e. The summed E-state index contributed by atoms with van der Waals surface area (Å²) in [5, 5.41) is 2.98. The van der Waals surface area contributed by atoms with E-state index in [2.05, 4.69) is 36.1 Å². The van der Waals surface area contributed by atoms with Crippen LogP contribution >= 0.6 is 0 Å². The summed E-state index contributed by atoms with van der Waals surface area (Å²) in [7, 11) is 0. The van der Waals surface area contributed by atoms with Crippen molar-refractivity contribution in [3.8, 4) is 5.75 Å². The molecule has 0 aliphatic heterocycles. The fourth-order valence-electron chi connectivity index (χ4n) is 3.68. The highest BCUT2D eigenvalue weighted by Gasteiger charge is 2.32. The molecule has 5 heteroatoms. The molecule has 0 bridgehead atoms. The molecule has 1 aliphatic rings. The molecular formula is C22H29N3O2. The highest BCUT2D eigenvalue weighted by molar-refractivity contribution is 5.92. The summed E-state index contributed by atoms with van der Waals surface area (Å²) in [6.07, 6.45) is 9.23. The zero-order chi connectivity index (χ0) is 19.3. The standard InChI is InChI=1S/C22H29N3O2/c1-22(2,3)18-8-6-17(7-9-18)21(26)25-20-19(5-4-12-24-20)27-15-16-10-13-23-14-11-16/h4-5,10-14,17-18H,6-9,15H2,1-3H3,(H,24,25,26). The van der Waals surface area contributed by atoms with Gasteiger partial charge in [0.1, 0.15) is 6.61 Å². The largest absolute Gasteiger partial charge is 0.485 e. The number of pyridine rings is 2. The minimum absolute atomic E-state index is 0.0508. The SMILES string of the molecule is CC(C)(C)C1CCC(C(=O)Nc2ncccc2OCc2ccncc2)CC1. The van der Waals surface area contributed by atoms with E-state index in [1.165, 1.54) is 0 Å². The van der Waals surface area contributed by atoms with Gasteiger partial charge in [-0.15, -0.1) is 0 Å². The van der Waals surface area contributed by atoms with E-state index in [4.69, 9.17) is 4.74 Å². The number of amides is 1. The summed E-state index contributed by atoms with van der Waals surface area (Å²) >= 11 is 0. The summed E-state index contributed by atoms with van der Waals surface area (Å²) in [6.45, 7) is 7.28. The third-order valence-corrected chi connectivity index (χ3v) is 5.48. The van der Waals surface area contributed by atoms with Crippen LogP contribution in [0.25, 0.3) is 0 Å². The van der Waals surface area contributed by atoms with Gasteiger partial charge in [-0.2, -0.15) is 0 Å². The minimum Gasteiger partial charge on any atom is -0.485 e. The zero-order valence-corrected chi connectivity index (χ0v) is 16.4. The van der Waals surface area contributed by atoms with Crippen molar-refractivity contribution in [3.05, 3.63) is 48.4 Å². The van der Waals surface area contributed by atoms with E-state index in [9.17, 15) is 4.79 Å². The highest BCUT2D eigenvalue weighted by atomic mass is 16.5. The number of ether oxygens (including phenoxy) is 1. The van der Waals surface area contributed by atoms with Gasteiger partial charge in [-0.05, 0) is 66.8 Å². The van der Waals surface area contributed by atoms with Crippen molar-refractivity contribution < 1.29 is 9.53 Å². The Kier molecular flexibility index (Phi) is 6.09. The average molecular weight is 367 g/mol. The number of rotatable bonds is 5. The van der Waals surface area contributed by atoms with Crippen LogP contribution in [0.5, 0.6) is 5.75 Å². The quantitative estimate of drug-likeness (QED) is 0.821. The Balaban J connectivity index is 1.58. The van der Waals surface area contributed by atoms with Crippen LogP contribution in [0.4, 0.5) is 5.82 Å². The van der Waals surface area contributed by atoms with Crippen molar-refractivity contribution in [2.24, 2.45) is 17.3 Å². The van der Waals surface area contributed by atoms with E-state index in [0.717, 1.165) is 31.2 Å². The molecule has 0 aromatic carbocycles. The van der Waals surface area contributed by atoms with Crippen molar-refractivity contribution in [1.29, 1.82) is 0 Å². The Morgan fingerprint density at radius 2 is 1.81 bits per heavy atom. The number of aromatic nitrogens is 2. The number of hydrogen-bond donors (Lipinski definition) is 1. The molecule has 1 N–H and O–H groups in total. The maximum absolute atomic E-state index is 12.7. The first kappa shape index (κ1) is 19.3. The number of carbonyl (C=O) groups excluding carboxylic acids is 1. The lowest BCUT2D eigenvalue weighted by atomic mass is 9.69. The van der Waals surface area contributed by atoms with Gasteiger partial charge < -0.3 is 10.1 Å². The van der Waals surface area contributed by atoms with Gasteiger partial charge in [0.25, 0.3) is 0 Å².